The first kappa shape index (κ1) is 19.1. The molecule has 0 radical (unpaired) electrons. The first-order valence-electron chi connectivity index (χ1n) is 6.62. The van der Waals surface area contributed by atoms with Crippen LogP contribution in [0.2, 0.25) is 0 Å². The van der Waals surface area contributed by atoms with Gasteiger partial charge >= 0.3 is 6.18 Å². The zero-order valence-corrected chi connectivity index (χ0v) is 14.3. The van der Waals surface area contributed by atoms with Crippen LogP contribution in [0.4, 0.5) is 26.3 Å². The van der Waals surface area contributed by atoms with Crippen molar-refractivity contribution in [2.45, 2.75) is 17.8 Å². The first-order valence-corrected chi connectivity index (χ1v) is 8.46. The van der Waals surface area contributed by atoms with Gasteiger partial charge in [0, 0.05) is 17.5 Å². The van der Waals surface area contributed by atoms with Crippen LogP contribution in [0.3, 0.4) is 0 Å². The summed E-state index contributed by atoms with van der Waals surface area (Å²) < 4.78 is 79.0. The summed E-state index contributed by atoms with van der Waals surface area (Å²) >= 11 is 3.78. The predicted octanol–water partition coefficient (Wildman–Crippen LogP) is 6.04. The van der Waals surface area contributed by atoms with Gasteiger partial charge < -0.3 is 0 Å². The van der Waals surface area contributed by atoms with Gasteiger partial charge in [0.2, 0.25) is 0 Å². The van der Waals surface area contributed by atoms with E-state index in [1.165, 1.54) is 18.3 Å². The molecule has 130 valence electrons. The van der Waals surface area contributed by atoms with Crippen molar-refractivity contribution in [2.75, 3.05) is 5.75 Å². The predicted molar refractivity (Wildman–Crippen MR) is 83.2 cm³/mol. The second kappa shape index (κ2) is 7.77. The lowest BCUT2D eigenvalue weighted by atomic mass is 10.0. The third kappa shape index (κ3) is 4.89. The highest BCUT2D eigenvalue weighted by atomic mass is 79.9. The van der Waals surface area contributed by atoms with E-state index < -0.39 is 46.6 Å². The number of rotatable bonds is 5. The fourth-order valence-electron chi connectivity index (χ4n) is 2.00. The van der Waals surface area contributed by atoms with Crippen LogP contribution < -0.4 is 0 Å². The van der Waals surface area contributed by atoms with E-state index in [0.717, 1.165) is 6.07 Å². The van der Waals surface area contributed by atoms with Crippen molar-refractivity contribution in [1.82, 2.24) is 4.98 Å². The molecule has 2 aromatic rings. The molecule has 1 nitrogen and oxygen atoms in total. The Morgan fingerprint density at radius 1 is 1.08 bits per heavy atom. The number of aromatic nitrogens is 1. The van der Waals surface area contributed by atoms with Crippen LogP contribution in [-0.2, 0) is 0 Å². The number of thioether (sulfide) groups is 1. The molecule has 0 spiro atoms. The molecule has 0 N–H and O–H groups in total. The van der Waals surface area contributed by atoms with Gasteiger partial charge in [0.1, 0.15) is 10.4 Å². The first-order chi connectivity index (χ1) is 11.2. The molecule has 1 aromatic carbocycles. The molecule has 0 amide bonds. The Bertz CT molecular complexity index is 722. The largest absolute Gasteiger partial charge is 0.389 e. The number of nitrogens with zero attached hydrogens (tertiary/aromatic N) is 1. The second-order valence-electron chi connectivity index (χ2n) is 4.78. The van der Waals surface area contributed by atoms with Crippen molar-refractivity contribution >= 4 is 27.7 Å². The highest BCUT2D eigenvalue weighted by Gasteiger charge is 2.30. The minimum atomic E-state index is -4.39. The molecular formula is C15H10BrF6NS. The summed E-state index contributed by atoms with van der Waals surface area (Å²) in [4.78, 5) is 3.86. The third-order valence-corrected chi connectivity index (χ3v) is 4.78. The summed E-state index contributed by atoms with van der Waals surface area (Å²) in [5.74, 6) is -4.12. The van der Waals surface area contributed by atoms with Gasteiger partial charge in [0.15, 0.2) is 11.6 Å². The Morgan fingerprint density at radius 3 is 2.38 bits per heavy atom. The van der Waals surface area contributed by atoms with Crippen LogP contribution in [-0.4, -0.2) is 16.9 Å². The van der Waals surface area contributed by atoms with Crippen LogP contribution in [0.5, 0.6) is 0 Å². The van der Waals surface area contributed by atoms with Gasteiger partial charge in [-0.05, 0) is 45.8 Å². The maximum atomic E-state index is 14.1. The molecule has 0 saturated carbocycles. The number of hydrogen-bond acceptors (Lipinski definition) is 2. The van der Waals surface area contributed by atoms with E-state index in [0.29, 0.717) is 28.0 Å². The number of halogens is 7. The van der Waals surface area contributed by atoms with E-state index in [9.17, 15) is 26.3 Å². The number of pyridine rings is 1. The molecule has 0 fully saturated rings. The monoisotopic (exact) mass is 429 g/mol. The molecule has 1 atom stereocenters. The minimum absolute atomic E-state index is 0.312. The van der Waals surface area contributed by atoms with E-state index in [4.69, 9.17) is 0 Å². The summed E-state index contributed by atoms with van der Waals surface area (Å²) in [5, 5.41) is -1.14. The molecule has 1 aromatic heterocycles. The summed E-state index contributed by atoms with van der Waals surface area (Å²) in [6, 6.07) is 4.23. The van der Waals surface area contributed by atoms with Gasteiger partial charge in [-0.2, -0.15) is 13.2 Å². The molecular weight excluding hydrogens is 420 g/mol. The summed E-state index contributed by atoms with van der Waals surface area (Å²) in [5.41, 5.74) is -0.298. The summed E-state index contributed by atoms with van der Waals surface area (Å²) in [6.45, 7) is 0. The molecule has 24 heavy (non-hydrogen) atoms. The SMILES string of the molecule is Fc1ccc(F)c(C(SCCC(F)(F)F)c2ccnc(Br)c2)c1F. The number of benzene rings is 1. The van der Waals surface area contributed by atoms with Crippen LogP contribution in [0.15, 0.2) is 35.1 Å². The molecule has 0 aliphatic carbocycles. The van der Waals surface area contributed by atoms with Crippen LogP contribution in [0, 0.1) is 17.5 Å². The average Bonchev–Trinajstić information content (AvgIpc) is 2.48. The topological polar surface area (TPSA) is 12.9 Å². The van der Waals surface area contributed by atoms with E-state index in [-0.39, 0.29) is 0 Å². The Hall–Kier alpha value is -1.22. The van der Waals surface area contributed by atoms with Crippen molar-refractivity contribution in [1.29, 1.82) is 0 Å². The van der Waals surface area contributed by atoms with Gasteiger partial charge in [-0.3, -0.25) is 0 Å². The normalized spacial score (nSPS) is 13.1. The standard InChI is InChI=1S/C15H10BrF6NS/c16-11-7-8(3-5-23-11)14(24-6-4-15(20,21)22)12-9(17)1-2-10(18)13(12)19/h1-3,5,7,14H,4,6H2. The maximum absolute atomic E-state index is 14.1. The maximum Gasteiger partial charge on any atom is 0.389 e. The van der Waals surface area contributed by atoms with E-state index >= 15 is 0 Å². The van der Waals surface area contributed by atoms with Crippen molar-refractivity contribution < 1.29 is 26.3 Å². The van der Waals surface area contributed by atoms with Gasteiger partial charge in [-0.15, -0.1) is 11.8 Å². The van der Waals surface area contributed by atoms with E-state index in [1.807, 2.05) is 0 Å². The highest BCUT2D eigenvalue weighted by molar-refractivity contribution is 9.10. The van der Waals surface area contributed by atoms with Gasteiger partial charge in [0.05, 0.1) is 11.7 Å². The lowest BCUT2D eigenvalue weighted by Gasteiger charge is -2.20. The fourth-order valence-corrected chi connectivity index (χ4v) is 3.69. The quantitative estimate of drug-likeness (QED) is 0.326. The molecule has 0 aliphatic rings. The number of hydrogen-bond donors (Lipinski definition) is 0. The summed E-state index contributed by atoms with van der Waals surface area (Å²) in [6.07, 6.45) is -4.18. The molecule has 1 unspecified atom stereocenters. The van der Waals surface area contributed by atoms with Crippen LogP contribution >= 0.6 is 27.7 Å². The highest BCUT2D eigenvalue weighted by Crippen LogP contribution is 2.40. The van der Waals surface area contributed by atoms with Gasteiger partial charge in [-0.25, -0.2) is 18.2 Å². The van der Waals surface area contributed by atoms with Crippen molar-refractivity contribution in [3.8, 4) is 0 Å². The third-order valence-electron chi connectivity index (χ3n) is 3.07. The lowest BCUT2D eigenvalue weighted by molar-refractivity contribution is -0.129. The molecule has 0 aliphatic heterocycles. The lowest BCUT2D eigenvalue weighted by Crippen LogP contribution is -2.11. The van der Waals surface area contributed by atoms with Crippen molar-refractivity contribution in [2.24, 2.45) is 0 Å². The molecule has 9 heteroatoms. The minimum Gasteiger partial charge on any atom is -0.249 e. The zero-order valence-electron chi connectivity index (χ0n) is 11.9. The molecule has 2 rings (SSSR count). The Kier molecular flexibility index (Phi) is 6.19. The van der Waals surface area contributed by atoms with E-state index in [1.54, 1.807) is 0 Å². The molecule has 1 heterocycles. The Balaban J connectivity index is 2.42. The van der Waals surface area contributed by atoms with Crippen molar-refractivity contribution in [3.05, 3.63) is 63.6 Å². The number of alkyl halides is 3. The molecule has 0 bridgehead atoms. The van der Waals surface area contributed by atoms with Crippen LogP contribution in [0.1, 0.15) is 22.8 Å². The average molecular weight is 430 g/mol. The van der Waals surface area contributed by atoms with E-state index in [2.05, 4.69) is 20.9 Å². The van der Waals surface area contributed by atoms with Gasteiger partial charge in [-0.1, -0.05) is 0 Å². The second-order valence-corrected chi connectivity index (χ2v) is 6.81. The summed E-state index contributed by atoms with van der Waals surface area (Å²) in [7, 11) is 0. The zero-order chi connectivity index (χ0) is 17.9. The van der Waals surface area contributed by atoms with Gasteiger partial charge in [0.25, 0.3) is 0 Å². The Morgan fingerprint density at radius 2 is 1.75 bits per heavy atom. The smallest absolute Gasteiger partial charge is 0.249 e. The van der Waals surface area contributed by atoms with Crippen molar-refractivity contribution in [3.63, 3.8) is 0 Å². The fraction of sp³-hybridized carbons (Fsp3) is 0.267. The van der Waals surface area contributed by atoms with Crippen LogP contribution in [0.25, 0.3) is 0 Å². The Labute approximate surface area is 146 Å². The molecule has 0 saturated heterocycles.